The Morgan fingerprint density at radius 2 is 2.00 bits per heavy atom. The summed E-state index contributed by atoms with van der Waals surface area (Å²) in [4.78, 5) is 31.6. The van der Waals surface area contributed by atoms with E-state index in [1.807, 2.05) is 22.8 Å². The van der Waals surface area contributed by atoms with Gasteiger partial charge >= 0.3 is 11.8 Å². The van der Waals surface area contributed by atoms with E-state index >= 15 is 0 Å². The second-order valence-electron chi connectivity index (χ2n) is 8.63. The van der Waals surface area contributed by atoms with Crippen molar-refractivity contribution >= 4 is 17.1 Å². The van der Waals surface area contributed by atoms with Gasteiger partial charge in [0.2, 0.25) is 0 Å². The van der Waals surface area contributed by atoms with Crippen LogP contribution < -0.4 is 10.4 Å². The van der Waals surface area contributed by atoms with Crippen LogP contribution >= 0.6 is 0 Å². The van der Waals surface area contributed by atoms with E-state index in [0.717, 1.165) is 68.8 Å². The number of H-pyrrole nitrogens is 1. The number of nitrogens with one attached hydrogen (secondary N) is 1. The number of fused-ring (bicyclic) bond motifs is 1. The molecule has 8 heteroatoms. The fourth-order valence-electron chi connectivity index (χ4n) is 4.81. The number of nitrogens with zero attached hydrogens (tertiary/aromatic N) is 3. The second-order valence-corrected chi connectivity index (χ2v) is 8.63. The Balaban J connectivity index is 1.44. The highest BCUT2D eigenvalue weighted by Gasteiger charge is 2.36. The van der Waals surface area contributed by atoms with Crippen LogP contribution in [0.15, 0.2) is 23.0 Å². The molecule has 1 aromatic carbocycles. The Bertz CT molecular complexity index is 942. The van der Waals surface area contributed by atoms with Gasteiger partial charge in [-0.15, -0.1) is 0 Å². The van der Waals surface area contributed by atoms with E-state index in [0.29, 0.717) is 0 Å². The van der Waals surface area contributed by atoms with Crippen LogP contribution in [0.3, 0.4) is 0 Å². The van der Waals surface area contributed by atoms with Gasteiger partial charge in [-0.05, 0) is 36.8 Å². The molecule has 2 aromatic rings. The SMILES string of the molecule is COC(=O)N1CCC(C)(CN2CC[C@H](n3c(=O)[nH]c4ccc(OC)cc43)C2)CC1. The number of amides is 1. The number of rotatable bonds is 4. The molecule has 0 aliphatic carbocycles. The number of likely N-dealkylation sites (tertiary alicyclic amines) is 2. The highest BCUT2D eigenvalue weighted by atomic mass is 16.5. The van der Waals surface area contributed by atoms with Crippen LogP contribution in [0.4, 0.5) is 4.79 Å². The fourth-order valence-corrected chi connectivity index (χ4v) is 4.81. The Labute approximate surface area is 170 Å². The molecule has 0 spiro atoms. The number of ether oxygens (including phenoxy) is 2. The van der Waals surface area contributed by atoms with Crippen molar-refractivity contribution in [3.63, 3.8) is 0 Å². The van der Waals surface area contributed by atoms with Gasteiger partial charge in [-0.25, -0.2) is 9.59 Å². The molecule has 158 valence electrons. The van der Waals surface area contributed by atoms with Gasteiger partial charge < -0.3 is 24.3 Å². The summed E-state index contributed by atoms with van der Waals surface area (Å²) >= 11 is 0. The Morgan fingerprint density at radius 1 is 1.24 bits per heavy atom. The third-order valence-electron chi connectivity index (χ3n) is 6.55. The van der Waals surface area contributed by atoms with Crippen LogP contribution in [0.2, 0.25) is 0 Å². The highest BCUT2D eigenvalue weighted by Crippen LogP contribution is 2.35. The average Bonchev–Trinajstić information content (AvgIpc) is 3.29. The lowest BCUT2D eigenvalue weighted by molar-refractivity contribution is 0.0673. The van der Waals surface area contributed by atoms with Gasteiger partial charge in [0.1, 0.15) is 5.75 Å². The molecule has 1 amide bonds. The number of carbonyl (C=O) groups is 1. The molecule has 1 aromatic heterocycles. The number of hydrogen-bond donors (Lipinski definition) is 1. The van der Waals surface area contributed by atoms with Crippen LogP contribution in [0.1, 0.15) is 32.2 Å². The number of methoxy groups -OCH3 is 2. The quantitative estimate of drug-likeness (QED) is 0.850. The molecule has 2 fully saturated rings. The summed E-state index contributed by atoms with van der Waals surface area (Å²) in [7, 11) is 3.07. The van der Waals surface area contributed by atoms with E-state index in [9.17, 15) is 9.59 Å². The summed E-state index contributed by atoms with van der Waals surface area (Å²) in [5, 5.41) is 0. The third kappa shape index (κ3) is 3.85. The molecule has 2 saturated heterocycles. The van der Waals surface area contributed by atoms with Crippen molar-refractivity contribution in [3.05, 3.63) is 28.7 Å². The monoisotopic (exact) mass is 402 g/mol. The Hall–Kier alpha value is -2.48. The first kappa shape index (κ1) is 19.8. The summed E-state index contributed by atoms with van der Waals surface area (Å²) in [5.74, 6) is 0.755. The van der Waals surface area contributed by atoms with Gasteiger partial charge in [0, 0.05) is 38.8 Å². The molecule has 0 saturated carbocycles. The van der Waals surface area contributed by atoms with Crippen molar-refractivity contribution < 1.29 is 14.3 Å². The summed E-state index contributed by atoms with van der Waals surface area (Å²) < 4.78 is 12.1. The van der Waals surface area contributed by atoms with Gasteiger partial charge in [0.05, 0.1) is 31.3 Å². The lowest BCUT2D eigenvalue weighted by Gasteiger charge is -2.41. The second kappa shape index (κ2) is 7.74. The van der Waals surface area contributed by atoms with E-state index < -0.39 is 0 Å². The Kier molecular flexibility index (Phi) is 5.29. The molecule has 3 heterocycles. The summed E-state index contributed by atoms with van der Waals surface area (Å²) in [6, 6.07) is 5.85. The minimum Gasteiger partial charge on any atom is -0.497 e. The first-order valence-corrected chi connectivity index (χ1v) is 10.3. The molecular weight excluding hydrogens is 372 g/mol. The summed E-state index contributed by atoms with van der Waals surface area (Å²) in [6.07, 6.45) is 2.65. The average molecular weight is 402 g/mol. The van der Waals surface area contributed by atoms with Crippen LogP contribution in [-0.4, -0.2) is 72.4 Å². The third-order valence-corrected chi connectivity index (χ3v) is 6.55. The van der Waals surface area contributed by atoms with Crippen molar-refractivity contribution in [2.45, 2.75) is 32.2 Å². The zero-order valence-corrected chi connectivity index (χ0v) is 17.4. The standard InChI is InChI=1S/C21H30N4O4/c1-21(7-10-24(11-8-21)20(27)29-3)14-23-9-6-15(13-23)25-18-12-16(28-2)4-5-17(18)22-19(25)26/h4-5,12,15H,6-11,13-14H2,1-3H3,(H,22,26)/t15-/m0/s1. The lowest BCUT2D eigenvalue weighted by atomic mass is 9.80. The minimum absolute atomic E-state index is 0.0577. The first-order chi connectivity index (χ1) is 13.9. The normalized spacial score (nSPS) is 22.2. The van der Waals surface area contributed by atoms with Crippen LogP contribution in [0.25, 0.3) is 11.0 Å². The molecule has 2 aliphatic rings. The first-order valence-electron chi connectivity index (χ1n) is 10.3. The van der Waals surface area contributed by atoms with Crippen LogP contribution in [0, 0.1) is 5.41 Å². The van der Waals surface area contributed by atoms with E-state index in [1.165, 1.54) is 7.11 Å². The van der Waals surface area contributed by atoms with E-state index in [1.54, 1.807) is 12.0 Å². The summed E-state index contributed by atoms with van der Waals surface area (Å²) in [6.45, 7) is 6.60. The maximum atomic E-state index is 12.6. The van der Waals surface area contributed by atoms with Gasteiger partial charge in [-0.1, -0.05) is 6.92 Å². The molecule has 2 aliphatic heterocycles. The van der Waals surface area contributed by atoms with Crippen molar-refractivity contribution in [1.82, 2.24) is 19.4 Å². The number of aromatic amines is 1. The maximum absolute atomic E-state index is 12.6. The van der Waals surface area contributed by atoms with E-state index in [4.69, 9.17) is 9.47 Å². The maximum Gasteiger partial charge on any atom is 0.409 e. The van der Waals surface area contributed by atoms with E-state index in [-0.39, 0.29) is 23.2 Å². The number of imidazole rings is 1. The highest BCUT2D eigenvalue weighted by molar-refractivity contribution is 5.77. The predicted molar refractivity (Wildman–Crippen MR) is 111 cm³/mol. The van der Waals surface area contributed by atoms with Gasteiger partial charge in [0.25, 0.3) is 0 Å². The molecule has 0 unspecified atom stereocenters. The van der Waals surface area contributed by atoms with Crippen LogP contribution in [0.5, 0.6) is 5.75 Å². The van der Waals surface area contributed by atoms with Crippen molar-refractivity contribution in [1.29, 1.82) is 0 Å². The van der Waals surface area contributed by atoms with E-state index in [2.05, 4.69) is 16.8 Å². The number of carbonyl (C=O) groups excluding carboxylic acids is 1. The fraction of sp³-hybridized carbons (Fsp3) is 0.619. The zero-order chi connectivity index (χ0) is 20.6. The smallest absolute Gasteiger partial charge is 0.409 e. The predicted octanol–water partition coefficient (Wildman–Crippen LogP) is 2.45. The van der Waals surface area contributed by atoms with Gasteiger partial charge in [-0.2, -0.15) is 0 Å². The summed E-state index contributed by atoms with van der Waals surface area (Å²) in [5.41, 5.74) is 1.86. The molecule has 1 N–H and O–H groups in total. The number of piperidine rings is 1. The molecule has 8 nitrogen and oxygen atoms in total. The van der Waals surface area contributed by atoms with Gasteiger partial charge in [-0.3, -0.25) is 4.57 Å². The van der Waals surface area contributed by atoms with Gasteiger partial charge in [0.15, 0.2) is 0 Å². The molecule has 4 rings (SSSR count). The molecular formula is C21H30N4O4. The molecule has 0 bridgehead atoms. The zero-order valence-electron chi connectivity index (χ0n) is 17.4. The molecule has 0 radical (unpaired) electrons. The molecule has 29 heavy (non-hydrogen) atoms. The molecule has 1 atom stereocenters. The van der Waals surface area contributed by atoms with Crippen molar-refractivity contribution in [2.75, 3.05) is 46.9 Å². The minimum atomic E-state index is -0.234. The lowest BCUT2D eigenvalue weighted by Crippen LogP contribution is -2.46. The van der Waals surface area contributed by atoms with Crippen LogP contribution in [-0.2, 0) is 4.74 Å². The van der Waals surface area contributed by atoms with Crippen molar-refractivity contribution in [2.24, 2.45) is 5.41 Å². The number of aromatic nitrogens is 2. The number of hydrogen-bond acceptors (Lipinski definition) is 5. The largest absolute Gasteiger partial charge is 0.497 e. The topological polar surface area (TPSA) is 79.8 Å². The number of benzene rings is 1. The van der Waals surface area contributed by atoms with Crippen molar-refractivity contribution in [3.8, 4) is 5.75 Å². The Morgan fingerprint density at radius 3 is 2.69 bits per heavy atom.